The smallest absolute Gasteiger partial charge is 0.272 e. The van der Waals surface area contributed by atoms with Gasteiger partial charge < -0.3 is 14.8 Å². The normalized spacial score (nSPS) is 19.4. The van der Waals surface area contributed by atoms with Crippen LogP contribution in [0.3, 0.4) is 0 Å². The van der Waals surface area contributed by atoms with Gasteiger partial charge in [0, 0.05) is 16.5 Å². The van der Waals surface area contributed by atoms with Crippen molar-refractivity contribution in [3.8, 4) is 0 Å². The summed E-state index contributed by atoms with van der Waals surface area (Å²) in [5.41, 5.74) is 3.47. The first kappa shape index (κ1) is 22.2. The molecule has 1 aromatic heterocycles. The van der Waals surface area contributed by atoms with E-state index in [1.165, 1.54) is 0 Å². The monoisotopic (exact) mass is 488 g/mol. The Balaban J connectivity index is 1.66. The van der Waals surface area contributed by atoms with Crippen molar-refractivity contribution in [3.05, 3.63) is 45.7 Å². The number of aromatic nitrogens is 2. The molecule has 0 bridgehead atoms. The number of nitrogens with zero attached hydrogens (tertiary/aromatic N) is 3. The zero-order valence-electron chi connectivity index (χ0n) is 18.3. The first-order valence-corrected chi connectivity index (χ1v) is 11.6. The molecule has 2 aliphatic heterocycles. The average molecular weight is 489 g/mol. The van der Waals surface area contributed by atoms with Crippen LogP contribution in [0.5, 0.6) is 0 Å². The van der Waals surface area contributed by atoms with Gasteiger partial charge in [-0.1, -0.05) is 48.8 Å². The molecule has 1 fully saturated rings. The third kappa shape index (κ3) is 5.07. The van der Waals surface area contributed by atoms with Crippen molar-refractivity contribution < 1.29 is 14.3 Å². The highest BCUT2D eigenvalue weighted by molar-refractivity contribution is 9.10. The molecule has 0 spiro atoms. The van der Waals surface area contributed by atoms with Crippen LogP contribution in [0.1, 0.15) is 61.8 Å². The van der Waals surface area contributed by atoms with Crippen LogP contribution in [-0.4, -0.2) is 47.4 Å². The maximum absolute atomic E-state index is 13.0. The van der Waals surface area contributed by atoms with Crippen molar-refractivity contribution in [1.29, 1.82) is 0 Å². The Hall–Kier alpha value is -2.03. The molecule has 0 unspecified atom stereocenters. The summed E-state index contributed by atoms with van der Waals surface area (Å²) in [6, 6.07) is 7.95. The summed E-state index contributed by atoms with van der Waals surface area (Å²) in [6.07, 6.45) is 2.94. The third-order valence-electron chi connectivity index (χ3n) is 5.44. The zero-order chi connectivity index (χ0) is 22.0. The number of hydrogen-bond donors (Lipinski definition) is 1. The minimum atomic E-state index is -0.262. The van der Waals surface area contributed by atoms with E-state index in [1.54, 1.807) is 4.68 Å². The van der Waals surface area contributed by atoms with Crippen LogP contribution in [0, 0.1) is 0 Å². The van der Waals surface area contributed by atoms with Gasteiger partial charge in [0.05, 0.1) is 31.1 Å². The van der Waals surface area contributed by atoms with E-state index in [0.29, 0.717) is 31.1 Å². The van der Waals surface area contributed by atoms with E-state index >= 15 is 0 Å². The first-order chi connectivity index (χ1) is 14.8. The van der Waals surface area contributed by atoms with E-state index in [9.17, 15) is 4.79 Å². The van der Waals surface area contributed by atoms with E-state index in [-0.39, 0.29) is 17.6 Å². The number of amides is 1. The largest absolute Gasteiger partial charge is 0.353 e. The van der Waals surface area contributed by atoms with Gasteiger partial charge in [-0.05, 0) is 37.0 Å². The first-order valence-electron chi connectivity index (χ1n) is 10.8. The molecule has 1 atom stereocenters. The lowest BCUT2D eigenvalue weighted by Crippen LogP contribution is -2.30. The number of aliphatic imine (C=N–C) groups is 1. The zero-order valence-corrected chi connectivity index (χ0v) is 19.9. The molecule has 0 aliphatic carbocycles. The number of benzene rings is 1. The molecule has 0 radical (unpaired) electrons. The Morgan fingerprint density at radius 2 is 2.03 bits per heavy atom. The molecule has 166 valence electrons. The molecule has 1 N–H and O–H groups in total. The molecule has 2 aromatic rings. The molecular formula is C23H29BrN4O3. The Labute approximate surface area is 191 Å². The quantitative estimate of drug-likeness (QED) is 0.678. The van der Waals surface area contributed by atoms with Gasteiger partial charge in [-0.25, -0.2) is 4.99 Å². The molecule has 0 saturated carbocycles. The van der Waals surface area contributed by atoms with E-state index < -0.39 is 0 Å². The third-order valence-corrected chi connectivity index (χ3v) is 5.97. The lowest BCUT2D eigenvalue weighted by Gasteiger charge is -2.22. The van der Waals surface area contributed by atoms with Crippen LogP contribution in [0.15, 0.2) is 33.7 Å². The molecule has 4 rings (SSSR count). The van der Waals surface area contributed by atoms with E-state index in [4.69, 9.17) is 19.6 Å². The summed E-state index contributed by atoms with van der Waals surface area (Å²) in [5.74, 6) is -0.164. The molecule has 8 heteroatoms. The van der Waals surface area contributed by atoms with Crippen LogP contribution in [0.2, 0.25) is 0 Å². The summed E-state index contributed by atoms with van der Waals surface area (Å²) in [7, 11) is 0. The molecular weight excluding hydrogens is 460 g/mol. The topological polar surface area (TPSA) is 77.7 Å². The SMILES string of the molecule is CC(C)(C)c1nn(CCO[C@H]2CCCCO2)c2c1N=C(c1ccc(Br)cc1)CNC2=O. The van der Waals surface area contributed by atoms with Crippen molar-refractivity contribution in [2.75, 3.05) is 19.8 Å². The molecule has 1 aromatic carbocycles. The highest BCUT2D eigenvalue weighted by Gasteiger charge is 2.32. The van der Waals surface area contributed by atoms with Crippen LogP contribution < -0.4 is 5.32 Å². The Morgan fingerprint density at radius 1 is 1.26 bits per heavy atom. The van der Waals surface area contributed by atoms with Crippen molar-refractivity contribution in [1.82, 2.24) is 15.1 Å². The van der Waals surface area contributed by atoms with Gasteiger partial charge in [-0.2, -0.15) is 5.10 Å². The van der Waals surface area contributed by atoms with Crippen LogP contribution in [-0.2, 0) is 21.4 Å². The fourth-order valence-corrected chi connectivity index (χ4v) is 4.06. The van der Waals surface area contributed by atoms with Gasteiger partial charge >= 0.3 is 0 Å². The predicted octanol–water partition coefficient (Wildman–Crippen LogP) is 4.35. The molecule has 7 nitrogen and oxygen atoms in total. The highest BCUT2D eigenvalue weighted by atomic mass is 79.9. The Bertz CT molecular complexity index is 970. The Kier molecular flexibility index (Phi) is 6.60. The van der Waals surface area contributed by atoms with Crippen molar-refractivity contribution >= 4 is 33.2 Å². The van der Waals surface area contributed by atoms with E-state index in [1.807, 2.05) is 24.3 Å². The summed E-state index contributed by atoms with van der Waals surface area (Å²) in [5, 5.41) is 7.80. The highest BCUT2D eigenvalue weighted by Crippen LogP contribution is 2.35. The van der Waals surface area contributed by atoms with Gasteiger partial charge in [0.2, 0.25) is 0 Å². The fraction of sp³-hybridized carbons (Fsp3) is 0.522. The molecule has 31 heavy (non-hydrogen) atoms. The number of ether oxygens (including phenoxy) is 2. The fourth-order valence-electron chi connectivity index (χ4n) is 3.79. The molecule has 3 heterocycles. The Morgan fingerprint density at radius 3 is 2.71 bits per heavy atom. The van der Waals surface area contributed by atoms with Gasteiger partial charge in [0.15, 0.2) is 12.0 Å². The van der Waals surface area contributed by atoms with Crippen molar-refractivity contribution in [2.24, 2.45) is 4.99 Å². The minimum Gasteiger partial charge on any atom is -0.353 e. The van der Waals surface area contributed by atoms with Gasteiger partial charge in [-0.3, -0.25) is 9.48 Å². The summed E-state index contributed by atoms with van der Waals surface area (Å²) < 4.78 is 14.3. The second kappa shape index (κ2) is 9.22. The van der Waals surface area contributed by atoms with Crippen molar-refractivity contribution in [2.45, 2.75) is 58.3 Å². The average Bonchev–Trinajstić information content (AvgIpc) is 3.02. The van der Waals surface area contributed by atoms with Crippen LogP contribution in [0.4, 0.5) is 5.69 Å². The number of rotatable bonds is 5. The minimum absolute atomic E-state index is 0.164. The van der Waals surface area contributed by atoms with Crippen LogP contribution >= 0.6 is 15.9 Å². The number of fused-ring (bicyclic) bond motifs is 1. The second-order valence-electron chi connectivity index (χ2n) is 8.93. The maximum atomic E-state index is 13.0. The lowest BCUT2D eigenvalue weighted by molar-refractivity contribution is -0.163. The second-order valence-corrected chi connectivity index (χ2v) is 9.85. The van der Waals surface area contributed by atoms with Gasteiger partial charge in [0.25, 0.3) is 5.91 Å². The molecule has 1 saturated heterocycles. The van der Waals surface area contributed by atoms with Crippen molar-refractivity contribution in [3.63, 3.8) is 0 Å². The standard InChI is InChI=1S/C23H29BrN4O3/c1-23(2,3)21-19-20(28(27-21)11-13-31-18-6-4-5-12-30-18)22(29)25-14-17(26-19)15-7-9-16(24)10-8-15/h7-10,18H,4-6,11-14H2,1-3H3,(H,25,29)/t18-/m0/s1. The number of halogens is 1. The summed E-state index contributed by atoms with van der Waals surface area (Å²) >= 11 is 3.47. The number of carbonyl (C=O) groups excluding carboxylic acids is 1. The maximum Gasteiger partial charge on any atom is 0.272 e. The number of nitrogens with one attached hydrogen (secondary N) is 1. The molecule has 2 aliphatic rings. The summed E-state index contributed by atoms with van der Waals surface area (Å²) in [4.78, 5) is 18.0. The molecule has 1 amide bonds. The number of carbonyl (C=O) groups is 1. The van der Waals surface area contributed by atoms with Crippen LogP contribution in [0.25, 0.3) is 0 Å². The van der Waals surface area contributed by atoms with Gasteiger partial charge in [0.1, 0.15) is 5.69 Å². The summed E-state index contributed by atoms with van der Waals surface area (Å²) in [6.45, 7) is 8.27. The van der Waals surface area contributed by atoms with E-state index in [2.05, 4.69) is 42.0 Å². The van der Waals surface area contributed by atoms with Gasteiger partial charge in [-0.15, -0.1) is 0 Å². The number of hydrogen-bond acceptors (Lipinski definition) is 5. The predicted molar refractivity (Wildman–Crippen MR) is 123 cm³/mol. The lowest BCUT2D eigenvalue weighted by atomic mass is 9.91. The van der Waals surface area contributed by atoms with E-state index in [0.717, 1.165) is 47.3 Å².